The van der Waals surface area contributed by atoms with Crippen molar-refractivity contribution in [3.63, 3.8) is 0 Å². The topological polar surface area (TPSA) is 67.9 Å². The first-order chi connectivity index (χ1) is 13.1. The summed E-state index contributed by atoms with van der Waals surface area (Å²) in [5.74, 6) is -1.16. The maximum absolute atomic E-state index is 12.8. The zero-order valence-corrected chi connectivity index (χ0v) is 14.8. The van der Waals surface area contributed by atoms with Crippen molar-refractivity contribution < 1.29 is 23.5 Å². The number of amides is 1. The maximum atomic E-state index is 12.8. The van der Waals surface area contributed by atoms with Crippen molar-refractivity contribution in [2.45, 2.75) is 12.8 Å². The molecule has 0 radical (unpaired) electrons. The standard InChI is InChI=1S/C20H21FN2O4/c21-15-3-9-18(10-4-15)26-14-20(25)27-13-19(24)22-16-5-7-17(8-6-16)23-11-1-2-12-23/h3-10H,1-2,11-14H2,(H,22,24). The first-order valence-electron chi connectivity index (χ1n) is 8.79. The molecule has 0 bridgehead atoms. The number of esters is 1. The van der Waals surface area contributed by atoms with Gasteiger partial charge in [0.15, 0.2) is 13.2 Å². The van der Waals surface area contributed by atoms with Crippen molar-refractivity contribution in [1.29, 1.82) is 0 Å². The van der Waals surface area contributed by atoms with Crippen LogP contribution in [-0.2, 0) is 14.3 Å². The minimum atomic E-state index is -0.682. The van der Waals surface area contributed by atoms with E-state index in [1.165, 1.54) is 37.1 Å². The van der Waals surface area contributed by atoms with E-state index in [2.05, 4.69) is 10.2 Å². The third kappa shape index (κ3) is 5.70. The van der Waals surface area contributed by atoms with Gasteiger partial charge in [-0.2, -0.15) is 0 Å². The Morgan fingerprint density at radius 1 is 0.963 bits per heavy atom. The van der Waals surface area contributed by atoms with E-state index >= 15 is 0 Å². The Kier molecular flexibility index (Phi) is 6.25. The lowest BCUT2D eigenvalue weighted by Crippen LogP contribution is -2.23. The highest BCUT2D eigenvalue weighted by atomic mass is 19.1. The van der Waals surface area contributed by atoms with E-state index < -0.39 is 24.3 Å². The molecule has 6 nitrogen and oxygen atoms in total. The summed E-state index contributed by atoms with van der Waals surface area (Å²) >= 11 is 0. The molecule has 2 aromatic carbocycles. The predicted octanol–water partition coefficient (Wildman–Crippen LogP) is 2.99. The number of hydrogen-bond acceptors (Lipinski definition) is 5. The average Bonchev–Trinajstić information content (AvgIpc) is 3.21. The second kappa shape index (κ2) is 9.02. The molecule has 0 spiro atoms. The Bertz CT molecular complexity index is 772. The molecular formula is C20H21FN2O4. The van der Waals surface area contributed by atoms with Crippen LogP contribution in [0.25, 0.3) is 0 Å². The minimum Gasteiger partial charge on any atom is -0.482 e. The summed E-state index contributed by atoms with van der Waals surface area (Å²) in [6, 6.07) is 12.8. The molecule has 0 unspecified atom stereocenters. The van der Waals surface area contributed by atoms with Crippen LogP contribution < -0.4 is 15.0 Å². The Morgan fingerprint density at radius 3 is 2.30 bits per heavy atom. The smallest absolute Gasteiger partial charge is 0.344 e. The van der Waals surface area contributed by atoms with Crippen LogP contribution in [0.5, 0.6) is 5.75 Å². The minimum absolute atomic E-state index is 0.343. The fraction of sp³-hybridized carbons (Fsp3) is 0.300. The van der Waals surface area contributed by atoms with Gasteiger partial charge >= 0.3 is 5.97 Å². The van der Waals surface area contributed by atoms with E-state index in [4.69, 9.17) is 9.47 Å². The molecule has 3 rings (SSSR count). The molecule has 1 saturated heterocycles. The summed E-state index contributed by atoms with van der Waals surface area (Å²) in [5, 5.41) is 2.68. The van der Waals surface area contributed by atoms with Gasteiger partial charge in [-0.15, -0.1) is 0 Å². The molecule has 1 N–H and O–H groups in total. The van der Waals surface area contributed by atoms with E-state index in [-0.39, 0.29) is 6.61 Å². The molecule has 0 saturated carbocycles. The number of nitrogens with zero attached hydrogens (tertiary/aromatic N) is 1. The highest BCUT2D eigenvalue weighted by Crippen LogP contribution is 2.22. The number of rotatable bonds is 7. The lowest BCUT2D eigenvalue weighted by Gasteiger charge is -2.17. The number of halogens is 1. The van der Waals surface area contributed by atoms with Crippen LogP contribution in [0.4, 0.5) is 15.8 Å². The van der Waals surface area contributed by atoms with E-state index in [0.717, 1.165) is 18.8 Å². The number of carbonyl (C=O) groups is 2. The number of ether oxygens (including phenoxy) is 2. The van der Waals surface area contributed by atoms with Gasteiger partial charge < -0.3 is 19.7 Å². The fourth-order valence-corrected chi connectivity index (χ4v) is 2.79. The summed E-state index contributed by atoms with van der Waals surface area (Å²) < 4.78 is 22.8. The molecule has 0 aromatic heterocycles. The fourth-order valence-electron chi connectivity index (χ4n) is 2.79. The van der Waals surface area contributed by atoms with Gasteiger partial charge in [0.1, 0.15) is 11.6 Å². The average molecular weight is 372 g/mol. The van der Waals surface area contributed by atoms with Gasteiger partial charge in [-0.25, -0.2) is 9.18 Å². The monoisotopic (exact) mass is 372 g/mol. The van der Waals surface area contributed by atoms with Crippen LogP contribution in [0, 0.1) is 5.82 Å². The van der Waals surface area contributed by atoms with Gasteiger partial charge in [0.25, 0.3) is 5.91 Å². The summed E-state index contributed by atoms with van der Waals surface area (Å²) in [4.78, 5) is 25.8. The van der Waals surface area contributed by atoms with Crippen LogP contribution >= 0.6 is 0 Å². The molecule has 1 aliphatic rings. The number of benzene rings is 2. The van der Waals surface area contributed by atoms with Crippen molar-refractivity contribution in [2.24, 2.45) is 0 Å². The molecule has 27 heavy (non-hydrogen) atoms. The normalized spacial score (nSPS) is 13.3. The van der Waals surface area contributed by atoms with Crippen LogP contribution in [-0.4, -0.2) is 38.2 Å². The molecule has 0 atom stereocenters. The zero-order chi connectivity index (χ0) is 19.1. The van der Waals surface area contributed by atoms with Crippen molar-refractivity contribution >= 4 is 23.3 Å². The van der Waals surface area contributed by atoms with Crippen molar-refractivity contribution in [3.8, 4) is 5.75 Å². The summed E-state index contributed by atoms with van der Waals surface area (Å²) in [6.45, 7) is 1.35. The van der Waals surface area contributed by atoms with Gasteiger partial charge in [0.2, 0.25) is 0 Å². The first-order valence-corrected chi connectivity index (χ1v) is 8.79. The molecule has 1 amide bonds. The van der Waals surface area contributed by atoms with E-state index in [1.54, 1.807) is 0 Å². The molecule has 1 heterocycles. The number of nitrogens with one attached hydrogen (secondary N) is 1. The number of hydrogen-bond donors (Lipinski definition) is 1. The summed E-state index contributed by atoms with van der Waals surface area (Å²) in [7, 11) is 0. The Hall–Kier alpha value is -3.09. The second-order valence-electron chi connectivity index (χ2n) is 6.19. The van der Waals surface area contributed by atoms with Crippen LogP contribution in [0.2, 0.25) is 0 Å². The SMILES string of the molecule is O=C(COC(=O)COc1ccc(F)cc1)Nc1ccc(N2CCCC2)cc1. The van der Waals surface area contributed by atoms with Gasteiger partial charge in [-0.1, -0.05) is 0 Å². The number of anilines is 2. The third-order valence-electron chi connectivity index (χ3n) is 4.16. The molecule has 2 aromatic rings. The van der Waals surface area contributed by atoms with Crippen molar-refractivity contribution in [2.75, 3.05) is 36.5 Å². The predicted molar refractivity (Wildman–Crippen MR) is 99.4 cm³/mol. The third-order valence-corrected chi connectivity index (χ3v) is 4.16. The van der Waals surface area contributed by atoms with E-state index in [1.807, 2.05) is 24.3 Å². The summed E-state index contributed by atoms with van der Waals surface area (Å²) in [6.07, 6.45) is 2.41. The van der Waals surface area contributed by atoms with Crippen molar-refractivity contribution in [3.05, 3.63) is 54.3 Å². The van der Waals surface area contributed by atoms with Gasteiger partial charge in [-0.05, 0) is 61.4 Å². The van der Waals surface area contributed by atoms with Crippen molar-refractivity contribution in [1.82, 2.24) is 0 Å². The van der Waals surface area contributed by atoms with Crippen LogP contribution in [0.3, 0.4) is 0 Å². The molecule has 142 valence electrons. The Balaban J connectivity index is 1.38. The van der Waals surface area contributed by atoms with E-state index in [0.29, 0.717) is 11.4 Å². The lowest BCUT2D eigenvalue weighted by molar-refractivity contribution is -0.149. The maximum Gasteiger partial charge on any atom is 0.344 e. The molecule has 1 fully saturated rings. The second-order valence-corrected chi connectivity index (χ2v) is 6.19. The molecule has 7 heteroatoms. The van der Waals surface area contributed by atoms with Gasteiger partial charge in [0, 0.05) is 24.5 Å². The van der Waals surface area contributed by atoms with Crippen LogP contribution in [0.15, 0.2) is 48.5 Å². The lowest BCUT2D eigenvalue weighted by atomic mass is 10.2. The molecular weight excluding hydrogens is 351 g/mol. The quantitative estimate of drug-likeness (QED) is 0.757. The van der Waals surface area contributed by atoms with E-state index in [9.17, 15) is 14.0 Å². The summed E-state index contributed by atoms with van der Waals surface area (Å²) in [5.41, 5.74) is 1.77. The molecule has 1 aliphatic heterocycles. The Labute approximate surface area is 156 Å². The van der Waals surface area contributed by atoms with Crippen LogP contribution in [0.1, 0.15) is 12.8 Å². The number of carbonyl (C=O) groups excluding carboxylic acids is 2. The first kappa shape index (κ1) is 18.7. The molecule has 0 aliphatic carbocycles. The van der Waals surface area contributed by atoms with Gasteiger partial charge in [-0.3, -0.25) is 4.79 Å². The Morgan fingerprint density at radius 2 is 1.63 bits per heavy atom. The van der Waals surface area contributed by atoms with Gasteiger partial charge in [0.05, 0.1) is 0 Å². The highest BCUT2D eigenvalue weighted by Gasteiger charge is 2.13. The zero-order valence-electron chi connectivity index (χ0n) is 14.8. The largest absolute Gasteiger partial charge is 0.482 e. The highest BCUT2D eigenvalue weighted by molar-refractivity contribution is 5.93.